The monoisotopic (exact) mass is 443 g/mol. The first-order chi connectivity index (χ1) is 15.3. The highest BCUT2D eigenvalue weighted by Gasteiger charge is 2.27. The van der Waals surface area contributed by atoms with Crippen LogP contribution in [0.5, 0.6) is 0 Å². The molecule has 2 amide bonds. The lowest BCUT2D eigenvalue weighted by molar-refractivity contribution is -0.124. The summed E-state index contributed by atoms with van der Waals surface area (Å²) in [6.45, 7) is 7.03. The average molecular weight is 444 g/mol. The molecule has 0 unspecified atom stereocenters. The van der Waals surface area contributed by atoms with E-state index >= 15 is 0 Å². The maximum atomic E-state index is 13.9. The fourth-order valence-corrected chi connectivity index (χ4v) is 3.90. The van der Waals surface area contributed by atoms with E-state index in [0.29, 0.717) is 6.54 Å². The molecular formula is C25H31F2N3O2. The molecule has 0 aliphatic carbocycles. The van der Waals surface area contributed by atoms with Gasteiger partial charge >= 0.3 is 0 Å². The van der Waals surface area contributed by atoms with Crippen LogP contribution in [-0.2, 0) is 17.9 Å². The molecule has 7 heteroatoms. The Morgan fingerprint density at radius 1 is 0.938 bits per heavy atom. The Balaban J connectivity index is 1.56. The highest BCUT2D eigenvalue weighted by molar-refractivity contribution is 5.98. The SMILES string of the molecule is CC(C)[C@H](NC(=O)c1c(F)cccc1F)C(=O)NCc1ccc(CN2CCCCC2)cc1. The normalized spacial score (nSPS) is 15.4. The number of amides is 2. The summed E-state index contributed by atoms with van der Waals surface area (Å²) in [6.07, 6.45) is 3.81. The van der Waals surface area contributed by atoms with E-state index in [1.165, 1.54) is 30.9 Å². The number of hydrogen-bond donors (Lipinski definition) is 2. The number of benzene rings is 2. The van der Waals surface area contributed by atoms with Gasteiger partial charge in [-0.2, -0.15) is 0 Å². The van der Waals surface area contributed by atoms with Gasteiger partial charge in [-0.25, -0.2) is 8.78 Å². The van der Waals surface area contributed by atoms with Gasteiger partial charge in [-0.3, -0.25) is 14.5 Å². The van der Waals surface area contributed by atoms with Crippen molar-refractivity contribution in [2.45, 2.75) is 52.2 Å². The maximum absolute atomic E-state index is 13.9. The Morgan fingerprint density at radius 2 is 1.53 bits per heavy atom. The maximum Gasteiger partial charge on any atom is 0.257 e. The fourth-order valence-electron chi connectivity index (χ4n) is 3.90. The Hall–Kier alpha value is -2.80. The van der Waals surface area contributed by atoms with Crippen molar-refractivity contribution >= 4 is 11.8 Å². The third-order valence-electron chi connectivity index (χ3n) is 5.77. The number of rotatable bonds is 8. The lowest BCUT2D eigenvalue weighted by Crippen LogP contribution is -2.49. The predicted molar refractivity (Wildman–Crippen MR) is 120 cm³/mol. The van der Waals surface area contributed by atoms with Crippen LogP contribution < -0.4 is 10.6 Å². The van der Waals surface area contributed by atoms with Crippen molar-refractivity contribution in [3.63, 3.8) is 0 Å². The molecule has 1 saturated heterocycles. The molecule has 3 rings (SSSR count). The van der Waals surface area contributed by atoms with Crippen LogP contribution in [0.4, 0.5) is 8.78 Å². The van der Waals surface area contributed by atoms with Crippen LogP contribution in [0.1, 0.15) is 54.6 Å². The van der Waals surface area contributed by atoms with Gasteiger partial charge in [-0.15, -0.1) is 0 Å². The highest BCUT2D eigenvalue weighted by atomic mass is 19.1. The minimum atomic E-state index is -0.963. The van der Waals surface area contributed by atoms with Crippen LogP contribution >= 0.6 is 0 Å². The lowest BCUT2D eigenvalue weighted by atomic mass is 10.0. The zero-order valence-electron chi connectivity index (χ0n) is 18.7. The van der Waals surface area contributed by atoms with E-state index in [2.05, 4.69) is 27.7 Å². The smallest absolute Gasteiger partial charge is 0.257 e. The molecule has 0 radical (unpaired) electrons. The standard InChI is InChI=1S/C25H31F2N3O2/c1-17(2)23(29-24(31)22-20(26)7-6-8-21(22)27)25(32)28-15-18-9-11-19(12-10-18)16-30-13-4-3-5-14-30/h6-12,17,23H,3-5,13-16H2,1-2H3,(H,28,32)(H,29,31)/t23-/m0/s1. The van der Waals surface area contributed by atoms with Gasteiger partial charge in [-0.05, 0) is 55.1 Å². The number of nitrogens with one attached hydrogen (secondary N) is 2. The van der Waals surface area contributed by atoms with Gasteiger partial charge in [-0.1, -0.05) is 50.6 Å². The van der Waals surface area contributed by atoms with Crippen LogP contribution in [0.2, 0.25) is 0 Å². The van der Waals surface area contributed by atoms with E-state index in [0.717, 1.165) is 37.3 Å². The molecule has 1 aliphatic heterocycles. The van der Waals surface area contributed by atoms with Crippen LogP contribution in [0.25, 0.3) is 0 Å². The second kappa shape index (κ2) is 11.2. The van der Waals surface area contributed by atoms with Crippen molar-refractivity contribution in [2.24, 2.45) is 5.92 Å². The van der Waals surface area contributed by atoms with Gasteiger partial charge in [0.2, 0.25) is 5.91 Å². The third-order valence-corrected chi connectivity index (χ3v) is 5.77. The summed E-state index contributed by atoms with van der Waals surface area (Å²) in [5.74, 6) is -3.54. The molecule has 1 atom stereocenters. The van der Waals surface area contributed by atoms with Gasteiger partial charge in [0.1, 0.15) is 23.2 Å². The molecule has 1 heterocycles. The second-order valence-corrected chi connectivity index (χ2v) is 8.66. The number of piperidine rings is 1. The van der Waals surface area contributed by atoms with E-state index in [1.54, 1.807) is 13.8 Å². The van der Waals surface area contributed by atoms with E-state index in [-0.39, 0.29) is 5.92 Å². The van der Waals surface area contributed by atoms with Gasteiger partial charge in [0.15, 0.2) is 0 Å². The van der Waals surface area contributed by atoms with E-state index in [4.69, 9.17) is 0 Å². The fraction of sp³-hybridized carbons (Fsp3) is 0.440. The summed E-state index contributed by atoms with van der Waals surface area (Å²) < 4.78 is 27.8. The minimum Gasteiger partial charge on any atom is -0.350 e. The van der Waals surface area contributed by atoms with Crippen molar-refractivity contribution in [3.05, 3.63) is 70.8 Å². The topological polar surface area (TPSA) is 61.4 Å². The van der Waals surface area contributed by atoms with Crippen molar-refractivity contribution in [3.8, 4) is 0 Å². The molecule has 32 heavy (non-hydrogen) atoms. The lowest BCUT2D eigenvalue weighted by Gasteiger charge is -2.26. The van der Waals surface area contributed by atoms with E-state index in [1.807, 2.05) is 12.1 Å². The molecule has 0 spiro atoms. The van der Waals surface area contributed by atoms with Crippen molar-refractivity contribution in [1.82, 2.24) is 15.5 Å². The third kappa shape index (κ3) is 6.36. The zero-order valence-corrected chi connectivity index (χ0v) is 18.7. The van der Waals surface area contributed by atoms with Gasteiger partial charge in [0.05, 0.1) is 0 Å². The molecule has 1 aliphatic rings. The number of nitrogens with zero attached hydrogens (tertiary/aromatic N) is 1. The Labute approximate surface area is 188 Å². The molecule has 0 bridgehead atoms. The molecule has 2 aromatic rings. The Morgan fingerprint density at radius 3 is 2.12 bits per heavy atom. The summed E-state index contributed by atoms with van der Waals surface area (Å²) in [5.41, 5.74) is 1.49. The highest BCUT2D eigenvalue weighted by Crippen LogP contribution is 2.15. The number of carbonyl (C=O) groups excluding carboxylic acids is 2. The Bertz CT molecular complexity index is 905. The number of likely N-dealkylation sites (tertiary alicyclic amines) is 1. The summed E-state index contributed by atoms with van der Waals surface area (Å²) in [6, 6.07) is 10.4. The molecule has 1 fully saturated rings. The first kappa shape index (κ1) is 23.9. The van der Waals surface area contributed by atoms with Crippen LogP contribution in [0.15, 0.2) is 42.5 Å². The molecule has 2 N–H and O–H groups in total. The number of hydrogen-bond acceptors (Lipinski definition) is 3. The van der Waals surface area contributed by atoms with Crippen LogP contribution in [-0.4, -0.2) is 35.8 Å². The second-order valence-electron chi connectivity index (χ2n) is 8.66. The van der Waals surface area contributed by atoms with Crippen molar-refractivity contribution in [2.75, 3.05) is 13.1 Å². The molecule has 2 aromatic carbocycles. The van der Waals surface area contributed by atoms with E-state index < -0.39 is 35.1 Å². The summed E-state index contributed by atoms with van der Waals surface area (Å²) >= 11 is 0. The van der Waals surface area contributed by atoms with Crippen molar-refractivity contribution < 1.29 is 18.4 Å². The summed E-state index contributed by atoms with van der Waals surface area (Å²) in [4.78, 5) is 27.6. The first-order valence-corrected chi connectivity index (χ1v) is 11.2. The molecule has 172 valence electrons. The zero-order chi connectivity index (χ0) is 23.1. The van der Waals surface area contributed by atoms with Crippen LogP contribution in [0.3, 0.4) is 0 Å². The summed E-state index contributed by atoms with van der Waals surface area (Å²) in [5, 5.41) is 5.28. The Kier molecular flexibility index (Phi) is 8.33. The van der Waals surface area contributed by atoms with Crippen molar-refractivity contribution in [1.29, 1.82) is 0 Å². The number of halogens is 2. The molecule has 0 saturated carbocycles. The molecule has 5 nitrogen and oxygen atoms in total. The minimum absolute atomic E-state index is 0.263. The van der Waals surface area contributed by atoms with Crippen LogP contribution in [0, 0.1) is 17.6 Å². The summed E-state index contributed by atoms with van der Waals surface area (Å²) in [7, 11) is 0. The van der Waals surface area contributed by atoms with Gasteiger partial charge in [0, 0.05) is 13.1 Å². The largest absolute Gasteiger partial charge is 0.350 e. The average Bonchev–Trinajstić information content (AvgIpc) is 2.77. The quantitative estimate of drug-likeness (QED) is 0.648. The number of carbonyl (C=O) groups is 2. The van der Waals surface area contributed by atoms with Gasteiger partial charge < -0.3 is 10.6 Å². The van der Waals surface area contributed by atoms with E-state index in [9.17, 15) is 18.4 Å². The molecular weight excluding hydrogens is 412 g/mol. The predicted octanol–water partition coefficient (Wildman–Crippen LogP) is 4.02. The molecule has 0 aromatic heterocycles. The first-order valence-electron chi connectivity index (χ1n) is 11.2. The van der Waals surface area contributed by atoms with Gasteiger partial charge in [0.25, 0.3) is 5.91 Å².